The Morgan fingerprint density at radius 3 is 1.27 bits per heavy atom. The zero-order valence-corrected chi connectivity index (χ0v) is 25.5. The summed E-state index contributed by atoms with van der Waals surface area (Å²) in [4.78, 5) is 0. The monoisotopic (exact) mass is 574 g/mol. The Morgan fingerprint density at radius 1 is 0.550 bits per heavy atom. The number of benzene rings is 4. The van der Waals surface area contributed by atoms with Crippen molar-refractivity contribution in [3.05, 3.63) is 70.8 Å². The maximum Gasteiger partial charge on any atom is 0.231 e. The van der Waals surface area contributed by atoms with E-state index in [1.54, 1.807) is 14.2 Å². The fraction of sp³-hybridized carbons (Fsp3) is 0.250. The van der Waals surface area contributed by atoms with Gasteiger partial charge >= 0.3 is 0 Å². The number of methoxy groups -OCH3 is 2. The van der Waals surface area contributed by atoms with Crippen LogP contribution in [0.15, 0.2) is 48.5 Å². The minimum absolute atomic E-state index is 0.191. The second-order valence-electron chi connectivity index (χ2n) is 9.98. The summed E-state index contributed by atoms with van der Waals surface area (Å²) in [7, 11) is 4.22. The first-order chi connectivity index (χ1) is 19.4. The highest BCUT2D eigenvalue weighted by Crippen LogP contribution is 2.49. The SMILES string of the molecule is COc1c(C)cc(Pc2ccc3c(c2-c2c(Pc4cc(C)c(OC)c(C)c4)ccc4c2OCO4)OCO3)cc1C. The minimum atomic E-state index is 0.191. The van der Waals surface area contributed by atoms with Crippen LogP contribution in [0, 0.1) is 27.7 Å². The van der Waals surface area contributed by atoms with Gasteiger partial charge in [0.25, 0.3) is 0 Å². The molecule has 0 fully saturated rings. The number of fused-ring (bicyclic) bond motifs is 2. The third kappa shape index (κ3) is 4.74. The van der Waals surface area contributed by atoms with Crippen LogP contribution in [-0.2, 0) is 0 Å². The Labute approximate surface area is 238 Å². The third-order valence-electron chi connectivity index (χ3n) is 7.22. The van der Waals surface area contributed by atoms with E-state index in [-0.39, 0.29) is 13.6 Å². The van der Waals surface area contributed by atoms with Crippen LogP contribution in [0.4, 0.5) is 0 Å². The van der Waals surface area contributed by atoms with Gasteiger partial charge in [-0.15, -0.1) is 0 Å². The maximum atomic E-state index is 6.13. The fourth-order valence-electron chi connectivity index (χ4n) is 5.65. The van der Waals surface area contributed by atoms with E-state index in [1.807, 2.05) is 12.1 Å². The highest BCUT2D eigenvalue weighted by Gasteiger charge is 2.30. The predicted molar refractivity (Wildman–Crippen MR) is 164 cm³/mol. The Hall–Kier alpha value is -3.46. The largest absolute Gasteiger partial charge is 0.496 e. The molecule has 0 spiro atoms. The van der Waals surface area contributed by atoms with Crippen molar-refractivity contribution in [2.24, 2.45) is 0 Å². The van der Waals surface area contributed by atoms with Crippen LogP contribution in [0.25, 0.3) is 11.1 Å². The maximum absolute atomic E-state index is 6.13. The van der Waals surface area contributed by atoms with E-state index in [0.29, 0.717) is 17.2 Å². The molecule has 2 atom stereocenters. The molecule has 2 aliphatic rings. The lowest BCUT2D eigenvalue weighted by atomic mass is 10.0. The molecular weight excluding hydrogens is 542 g/mol. The third-order valence-corrected chi connectivity index (χ3v) is 9.74. The van der Waals surface area contributed by atoms with E-state index < -0.39 is 0 Å². The molecule has 0 bridgehead atoms. The van der Waals surface area contributed by atoms with Crippen LogP contribution in [0.5, 0.6) is 34.5 Å². The van der Waals surface area contributed by atoms with E-state index in [9.17, 15) is 0 Å². The lowest BCUT2D eigenvalue weighted by molar-refractivity contribution is 0.173. The molecule has 206 valence electrons. The van der Waals surface area contributed by atoms with Gasteiger partial charge in [0.05, 0.1) is 14.2 Å². The van der Waals surface area contributed by atoms with E-state index in [0.717, 1.165) is 78.5 Å². The summed E-state index contributed by atoms with van der Waals surface area (Å²) in [6.07, 6.45) is 0. The van der Waals surface area contributed by atoms with Crippen molar-refractivity contribution in [1.82, 2.24) is 0 Å². The molecule has 0 saturated carbocycles. The topological polar surface area (TPSA) is 55.4 Å². The van der Waals surface area contributed by atoms with Gasteiger partial charge in [-0.3, -0.25) is 0 Å². The van der Waals surface area contributed by atoms with Crippen LogP contribution in [-0.4, -0.2) is 27.8 Å². The zero-order valence-electron chi connectivity index (χ0n) is 23.5. The highest BCUT2D eigenvalue weighted by atomic mass is 31.1. The van der Waals surface area contributed by atoms with Crippen molar-refractivity contribution in [3.8, 4) is 45.6 Å². The molecule has 2 heterocycles. The lowest BCUT2D eigenvalue weighted by Crippen LogP contribution is -2.14. The van der Waals surface area contributed by atoms with Gasteiger partial charge in [0.15, 0.2) is 23.0 Å². The number of rotatable bonds is 7. The molecule has 6 rings (SSSR count). The van der Waals surface area contributed by atoms with Gasteiger partial charge in [-0.1, -0.05) is 17.2 Å². The Kier molecular flexibility index (Phi) is 7.25. The first kappa shape index (κ1) is 26.7. The van der Waals surface area contributed by atoms with E-state index in [1.165, 1.54) is 10.6 Å². The Bertz CT molecular complexity index is 1460. The molecule has 0 saturated heterocycles. The standard InChI is InChI=1S/C32H32O6P2/c1-17-11-21(12-18(2)29(17)33-5)39-25-9-7-23-31(37-15-35-23)27(25)28-26(10-8-24-32(28)38-16-36-24)40-22-13-19(3)30(34-6)20(4)14-22/h7-14,39-40H,15-16H2,1-6H3. The molecule has 2 aliphatic heterocycles. The van der Waals surface area contributed by atoms with Crippen LogP contribution < -0.4 is 49.6 Å². The first-order valence-electron chi connectivity index (χ1n) is 13.1. The van der Waals surface area contributed by atoms with Crippen molar-refractivity contribution in [1.29, 1.82) is 0 Å². The summed E-state index contributed by atoms with van der Waals surface area (Å²) >= 11 is 0. The van der Waals surface area contributed by atoms with Gasteiger partial charge in [-0.25, -0.2) is 0 Å². The minimum Gasteiger partial charge on any atom is -0.496 e. The van der Waals surface area contributed by atoms with Crippen molar-refractivity contribution in [2.75, 3.05) is 27.8 Å². The molecule has 0 radical (unpaired) electrons. The number of hydrogen-bond acceptors (Lipinski definition) is 6. The second-order valence-corrected chi connectivity index (χ2v) is 12.7. The normalized spacial score (nSPS) is 13.7. The van der Waals surface area contributed by atoms with E-state index in [4.69, 9.17) is 28.4 Å². The Balaban J connectivity index is 1.52. The molecule has 0 amide bonds. The number of hydrogen-bond donors (Lipinski definition) is 0. The molecule has 4 aromatic carbocycles. The van der Waals surface area contributed by atoms with Gasteiger partial charge in [0, 0.05) is 11.1 Å². The highest BCUT2D eigenvalue weighted by molar-refractivity contribution is 7.56. The van der Waals surface area contributed by atoms with Gasteiger partial charge in [-0.2, -0.15) is 0 Å². The van der Waals surface area contributed by atoms with Crippen molar-refractivity contribution >= 4 is 38.4 Å². The molecular formula is C32H32O6P2. The Morgan fingerprint density at radius 2 is 0.925 bits per heavy atom. The van der Waals surface area contributed by atoms with Gasteiger partial charge in [0.2, 0.25) is 13.6 Å². The molecule has 4 aromatic rings. The van der Waals surface area contributed by atoms with Gasteiger partial charge in [-0.05, 0) is 120 Å². The number of ether oxygens (including phenoxy) is 6. The number of aryl methyl sites for hydroxylation is 4. The van der Waals surface area contributed by atoms with Crippen molar-refractivity contribution < 1.29 is 28.4 Å². The molecule has 8 heteroatoms. The summed E-state index contributed by atoms with van der Waals surface area (Å²) in [5.74, 6) is 4.85. The first-order valence-corrected chi connectivity index (χ1v) is 15.1. The summed E-state index contributed by atoms with van der Waals surface area (Å²) < 4.78 is 35.2. The smallest absolute Gasteiger partial charge is 0.231 e. The summed E-state index contributed by atoms with van der Waals surface area (Å²) in [5, 5.41) is 4.77. The molecule has 6 nitrogen and oxygen atoms in total. The summed E-state index contributed by atoms with van der Waals surface area (Å²) in [5.41, 5.74) is 6.50. The van der Waals surface area contributed by atoms with Crippen molar-refractivity contribution in [3.63, 3.8) is 0 Å². The molecule has 0 aliphatic carbocycles. The molecule has 0 aromatic heterocycles. The van der Waals surface area contributed by atoms with E-state index >= 15 is 0 Å². The van der Waals surface area contributed by atoms with Crippen LogP contribution in [0.3, 0.4) is 0 Å². The van der Waals surface area contributed by atoms with Crippen LogP contribution in [0.1, 0.15) is 22.3 Å². The second kappa shape index (κ2) is 10.8. The predicted octanol–water partition coefficient (Wildman–Crippen LogP) is 5.32. The quantitative estimate of drug-likeness (QED) is 0.279. The average molecular weight is 575 g/mol. The zero-order chi connectivity index (χ0) is 28.0. The molecule has 40 heavy (non-hydrogen) atoms. The van der Waals surface area contributed by atoms with Crippen LogP contribution in [0.2, 0.25) is 0 Å². The van der Waals surface area contributed by atoms with Gasteiger partial charge < -0.3 is 28.4 Å². The lowest BCUT2D eigenvalue weighted by Gasteiger charge is -2.19. The van der Waals surface area contributed by atoms with Crippen molar-refractivity contribution in [2.45, 2.75) is 27.7 Å². The van der Waals surface area contributed by atoms with Crippen LogP contribution >= 0.6 is 17.2 Å². The van der Waals surface area contributed by atoms with Gasteiger partial charge in [0.1, 0.15) is 11.5 Å². The fourth-order valence-corrected chi connectivity index (χ4v) is 8.49. The molecule has 0 N–H and O–H groups in total. The summed E-state index contributed by atoms with van der Waals surface area (Å²) in [6.45, 7) is 8.75. The van der Waals surface area contributed by atoms with E-state index in [2.05, 4.69) is 64.1 Å². The molecule has 2 unspecified atom stereocenters. The average Bonchev–Trinajstić information content (AvgIpc) is 3.58. The summed E-state index contributed by atoms with van der Waals surface area (Å²) in [6, 6.07) is 17.2.